The van der Waals surface area contributed by atoms with E-state index in [9.17, 15) is 48.9 Å². The van der Waals surface area contributed by atoms with Crippen molar-refractivity contribution >= 4 is 41.5 Å². The van der Waals surface area contributed by atoms with E-state index in [1.54, 1.807) is 13.8 Å². The summed E-state index contributed by atoms with van der Waals surface area (Å²) in [6.07, 6.45) is 1.22. The maximum absolute atomic E-state index is 13.7. The van der Waals surface area contributed by atoms with Gasteiger partial charge in [-0.25, -0.2) is 4.79 Å². The fraction of sp³-hybridized carbons (Fsp3) is 0.767. The maximum atomic E-state index is 13.7. The zero-order chi connectivity index (χ0) is 35.8. The molecule has 0 aromatic heterocycles. The highest BCUT2D eigenvalue weighted by atomic mass is 16.4. The van der Waals surface area contributed by atoms with Crippen LogP contribution >= 0.6 is 0 Å². The summed E-state index contributed by atoms with van der Waals surface area (Å²) in [4.78, 5) is 90.0. The number of likely N-dealkylation sites (tertiary alicyclic amines) is 1. The minimum Gasteiger partial charge on any atom is -0.481 e. The Labute approximate surface area is 274 Å². The number of hydrogen-bond acceptors (Lipinski definition) is 10. The smallest absolute Gasteiger partial charge is 0.326 e. The monoisotopic (exact) mass is 671 g/mol. The number of carbonyl (C=O) groups is 7. The molecule has 268 valence electrons. The Morgan fingerprint density at radius 2 is 1.45 bits per heavy atom. The van der Waals surface area contributed by atoms with Gasteiger partial charge < -0.3 is 53.0 Å². The van der Waals surface area contributed by atoms with Crippen LogP contribution in [0.15, 0.2) is 0 Å². The number of aliphatic hydroxyl groups excluding tert-OH is 1. The van der Waals surface area contributed by atoms with Crippen LogP contribution in [0.2, 0.25) is 0 Å². The molecule has 0 aromatic rings. The SMILES string of the molecule is CC(C)C[C@H](N)C(=O)N[C@@H](CO)C(=O)N[C@@H](CCC(=O)O)C(=O)N1CCC[C@H]1C(=O)N[C@@H](CCCCN)C(=O)N[C@H](C(=O)O)C(C)C. The first-order chi connectivity index (χ1) is 22.0. The number of amides is 5. The van der Waals surface area contributed by atoms with Gasteiger partial charge in [-0.3, -0.25) is 28.8 Å². The third-order valence-electron chi connectivity index (χ3n) is 7.79. The Hall–Kier alpha value is -3.83. The second kappa shape index (κ2) is 20.4. The quantitative estimate of drug-likeness (QED) is 0.0600. The Morgan fingerprint density at radius 3 is 1.98 bits per heavy atom. The first kappa shape index (κ1) is 41.2. The average molecular weight is 672 g/mol. The third-order valence-corrected chi connectivity index (χ3v) is 7.79. The van der Waals surface area contributed by atoms with E-state index in [-0.39, 0.29) is 31.7 Å². The van der Waals surface area contributed by atoms with Crippen LogP contribution in [-0.2, 0) is 33.6 Å². The van der Waals surface area contributed by atoms with Gasteiger partial charge in [0, 0.05) is 13.0 Å². The largest absolute Gasteiger partial charge is 0.481 e. The van der Waals surface area contributed by atoms with E-state index < -0.39 is 96.7 Å². The molecule has 47 heavy (non-hydrogen) atoms. The highest BCUT2D eigenvalue weighted by Crippen LogP contribution is 2.21. The highest BCUT2D eigenvalue weighted by Gasteiger charge is 2.40. The number of nitrogens with two attached hydrogens (primary N) is 2. The second-order valence-corrected chi connectivity index (χ2v) is 12.6. The predicted molar refractivity (Wildman–Crippen MR) is 169 cm³/mol. The van der Waals surface area contributed by atoms with Gasteiger partial charge in [-0.1, -0.05) is 27.7 Å². The molecule has 11 N–H and O–H groups in total. The number of rotatable bonds is 21. The topological polar surface area (TPSA) is 284 Å². The van der Waals surface area contributed by atoms with Gasteiger partial charge in [-0.2, -0.15) is 0 Å². The van der Waals surface area contributed by atoms with Gasteiger partial charge >= 0.3 is 11.9 Å². The lowest BCUT2D eigenvalue weighted by Crippen LogP contribution is -2.59. The summed E-state index contributed by atoms with van der Waals surface area (Å²) in [7, 11) is 0. The van der Waals surface area contributed by atoms with Gasteiger partial charge in [-0.05, 0) is 63.3 Å². The molecule has 0 saturated carbocycles. The fourth-order valence-electron chi connectivity index (χ4n) is 5.19. The van der Waals surface area contributed by atoms with Crippen molar-refractivity contribution in [1.82, 2.24) is 26.2 Å². The Balaban J connectivity index is 3.15. The van der Waals surface area contributed by atoms with Crippen LogP contribution in [0.4, 0.5) is 0 Å². The number of carboxylic acids is 2. The lowest BCUT2D eigenvalue weighted by atomic mass is 10.0. The normalized spacial score (nSPS) is 17.7. The molecular weight excluding hydrogens is 618 g/mol. The van der Waals surface area contributed by atoms with Crippen molar-refractivity contribution in [3.63, 3.8) is 0 Å². The zero-order valence-corrected chi connectivity index (χ0v) is 27.7. The Kier molecular flexibility index (Phi) is 17.9. The molecule has 1 saturated heterocycles. The van der Waals surface area contributed by atoms with E-state index in [4.69, 9.17) is 11.5 Å². The summed E-state index contributed by atoms with van der Waals surface area (Å²) in [6, 6.07) is -7.24. The molecule has 1 heterocycles. The fourth-order valence-corrected chi connectivity index (χ4v) is 5.19. The molecule has 0 bridgehead atoms. The van der Waals surface area contributed by atoms with Gasteiger partial charge in [0.05, 0.1) is 12.6 Å². The summed E-state index contributed by atoms with van der Waals surface area (Å²) in [5.74, 6) is -6.61. The van der Waals surface area contributed by atoms with Gasteiger partial charge in [0.1, 0.15) is 30.2 Å². The highest BCUT2D eigenvalue weighted by molar-refractivity contribution is 5.96. The van der Waals surface area contributed by atoms with Crippen LogP contribution in [0.5, 0.6) is 0 Å². The number of carbonyl (C=O) groups excluding carboxylic acids is 5. The summed E-state index contributed by atoms with van der Waals surface area (Å²) in [5, 5.41) is 38.4. The lowest BCUT2D eigenvalue weighted by molar-refractivity contribution is -0.145. The van der Waals surface area contributed by atoms with Crippen molar-refractivity contribution in [1.29, 1.82) is 0 Å². The van der Waals surface area contributed by atoms with Crippen molar-refractivity contribution in [3.05, 3.63) is 0 Å². The van der Waals surface area contributed by atoms with Crippen LogP contribution < -0.4 is 32.7 Å². The van der Waals surface area contributed by atoms with Crippen molar-refractivity contribution in [2.75, 3.05) is 19.7 Å². The molecule has 17 nitrogen and oxygen atoms in total. The molecule has 0 radical (unpaired) electrons. The van der Waals surface area contributed by atoms with Crippen LogP contribution in [0, 0.1) is 11.8 Å². The van der Waals surface area contributed by atoms with Gasteiger partial charge in [0.25, 0.3) is 0 Å². The number of nitrogens with zero attached hydrogens (tertiary/aromatic N) is 1. The van der Waals surface area contributed by atoms with E-state index >= 15 is 0 Å². The van der Waals surface area contributed by atoms with E-state index in [0.717, 1.165) is 0 Å². The third kappa shape index (κ3) is 13.8. The van der Waals surface area contributed by atoms with Crippen molar-refractivity contribution in [2.24, 2.45) is 23.3 Å². The lowest BCUT2D eigenvalue weighted by Gasteiger charge is -2.31. The van der Waals surface area contributed by atoms with E-state index in [1.165, 1.54) is 4.90 Å². The molecule has 1 fully saturated rings. The number of nitrogens with one attached hydrogen (secondary N) is 4. The molecule has 0 spiro atoms. The summed E-state index contributed by atoms with van der Waals surface area (Å²) in [6.45, 7) is 6.57. The molecule has 0 aromatic carbocycles. The first-order valence-electron chi connectivity index (χ1n) is 16.1. The summed E-state index contributed by atoms with van der Waals surface area (Å²) < 4.78 is 0. The molecule has 1 aliphatic heterocycles. The number of unbranched alkanes of at least 4 members (excludes halogenated alkanes) is 1. The van der Waals surface area contributed by atoms with Gasteiger partial charge in [0.15, 0.2) is 0 Å². The molecule has 0 aliphatic carbocycles. The second-order valence-electron chi connectivity index (χ2n) is 12.6. The molecule has 5 amide bonds. The van der Waals surface area contributed by atoms with Crippen molar-refractivity contribution in [3.8, 4) is 0 Å². The molecule has 17 heteroatoms. The van der Waals surface area contributed by atoms with Gasteiger partial charge in [-0.15, -0.1) is 0 Å². The van der Waals surface area contributed by atoms with E-state index in [0.29, 0.717) is 32.2 Å². The maximum Gasteiger partial charge on any atom is 0.326 e. The predicted octanol–water partition coefficient (Wildman–Crippen LogP) is -1.98. The van der Waals surface area contributed by atoms with Crippen LogP contribution in [0.3, 0.4) is 0 Å². The molecule has 0 unspecified atom stereocenters. The Bertz CT molecular complexity index is 1100. The minimum atomic E-state index is -1.48. The number of aliphatic hydroxyl groups is 1. The van der Waals surface area contributed by atoms with Gasteiger partial charge in [0.2, 0.25) is 29.5 Å². The van der Waals surface area contributed by atoms with Crippen molar-refractivity contribution in [2.45, 2.75) is 115 Å². The minimum absolute atomic E-state index is 0.0816. The molecule has 1 rings (SSSR count). The zero-order valence-electron chi connectivity index (χ0n) is 27.7. The summed E-state index contributed by atoms with van der Waals surface area (Å²) >= 11 is 0. The Morgan fingerprint density at radius 1 is 0.830 bits per heavy atom. The van der Waals surface area contributed by atoms with Crippen LogP contribution in [0.1, 0.15) is 79.1 Å². The number of aliphatic carboxylic acids is 2. The molecule has 1 aliphatic rings. The standard InChI is InChI=1S/C30H53N7O10/c1-16(2)14-18(32)25(41)35-21(15-38)27(43)34-20(10-11-23(39)40)29(45)37-13-7-9-22(37)28(44)33-19(8-5-6-12-31)26(42)36-24(17(3)4)30(46)47/h16-22,24,38H,5-15,31-32H2,1-4H3,(H,33,44)(H,34,43)(H,35,41)(H,36,42)(H,39,40)(H,46,47)/t18-,19-,20-,21-,22-,24-/m0/s1. The van der Waals surface area contributed by atoms with Crippen LogP contribution in [0.25, 0.3) is 0 Å². The molecular formula is C30H53N7O10. The van der Waals surface area contributed by atoms with E-state index in [2.05, 4.69) is 21.3 Å². The number of carboxylic acid groups (broad SMARTS) is 2. The molecule has 6 atom stereocenters. The average Bonchev–Trinajstić information content (AvgIpc) is 3.49. The van der Waals surface area contributed by atoms with Crippen molar-refractivity contribution < 1.29 is 48.9 Å². The first-order valence-corrected chi connectivity index (χ1v) is 16.1. The number of hydrogen-bond donors (Lipinski definition) is 9. The summed E-state index contributed by atoms with van der Waals surface area (Å²) in [5.41, 5.74) is 11.4. The van der Waals surface area contributed by atoms with E-state index in [1.807, 2.05) is 13.8 Å². The van der Waals surface area contributed by atoms with Crippen LogP contribution in [-0.4, -0.2) is 118 Å².